The van der Waals surface area contributed by atoms with E-state index in [1.54, 1.807) is 6.92 Å². The first-order valence-electron chi connectivity index (χ1n) is 8.30. The average molecular weight is 325 g/mol. The monoisotopic (exact) mass is 325 g/mol. The van der Waals surface area contributed by atoms with Crippen molar-refractivity contribution in [2.45, 2.75) is 46.6 Å². The molecule has 0 radical (unpaired) electrons. The SMILES string of the molecule is Cc1c(C(=O)NC(C)c2ccccc2)oc2c1C(=O)CC(C)(C)C2. The van der Waals surface area contributed by atoms with Gasteiger partial charge in [-0.3, -0.25) is 9.59 Å². The Hall–Kier alpha value is -2.36. The van der Waals surface area contributed by atoms with Crippen molar-refractivity contribution in [1.29, 1.82) is 0 Å². The molecule has 1 aliphatic rings. The molecule has 1 aliphatic carbocycles. The Labute approximate surface area is 142 Å². The van der Waals surface area contributed by atoms with Crippen molar-refractivity contribution in [3.8, 4) is 0 Å². The van der Waals surface area contributed by atoms with Crippen molar-refractivity contribution in [2.75, 3.05) is 0 Å². The van der Waals surface area contributed by atoms with Gasteiger partial charge in [-0.2, -0.15) is 0 Å². The van der Waals surface area contributed by atoms with Crippen LogP contribution in [0.4, 0.5) is 0 Å². The largest absolute Gasteiger partial charge is 0.455 e. The Morgan fingerprint density at radius 3 is 2.54 bits per heavy atom. The highest BCUT2D eigenvalue weighted by molar-refractivity contribution is 6.03. The molecule has 1 aromatic carbocycles. The van der Waals surface area contributed by atoms with Crippen LogP contribution in [0, 0.1) is 12.3 Å². The molecule has 1 aromatic heterocycles. The van der Waals surface area contributed by atoms with Crippen LogP contribution in [0.1, 0.15) is 71.0 Å². The summed E-state index contributed by atoms with van der Waals surface area (Å²) in [6, 6.07) is 9.63. The van der Waals surface area contributed by atoms with E-state index in [2.05, 4.69) is 5.32 Å². The van der Waals surface area contributed by atoms with Crippen molar-refractivity contribution in [1.82, 2.24) is 5.32 Å². The predicted molar refractivity (Wildman–Crippen MR) is 92.2 cm³/mol. The molecule has 1 heterocycles. The van der Waals surface area contributed by atoms with Gasteiger partial charge in [0.1, 0.15) is 5.76 Å². The maximum Gasteiger partial charge on any atom is 0.287 e. The van der Waals surface area contributed by atoms with Crippen LogP contribution in [0.5, 0.6) is 0 Å². The predicted octanol–water partition coefficient (Wildman–Crippen LogP) is 4.23. The lowest BCUT2D eigenvalue weighted by Gasteiger charge is -2.27. The summed E-state index contributed by atoms with van der Waals surface area (Å²) in [6.07, 6.45) is 1.16. The number of Topliss-reactive ketones (excluding diaryl/α,β-unsaturated/α-hetero) is 1. The van der Waals surface area contributed by atoms with Crippen LogP contribution in [0.15, 0.2) is 34.7 Å². The van der Waals surface area contributed by atoms with E-state index in [1.807, 2.05) is 51.1 Å². The maximum atomic E-state index is 12.6. The number of carbonyl (C=O) groups is 2. The summed E-state index contributed by atoms with van der Waals surface area (Å²) in [7, 11) is 0. The molecule has 4 nitrogen and oxygen atoms in total. The Bertz CT molecular complexity index is 787. The second kappa shape index (κ2) is 5.93. The highest BCUT2D eigenvalue weighted by atomic mass is 16.4. The fraction of sp³-hybridized carbons (Fsp3) is 0.400. The molecule has 24 heavy (non-hydrogen) atoms. The summed E-state index contributed by atoms with van der Waals surface area (Å²) in [5.41, 5.74) is 2.16. The summed E-state index contributed by atoms with van der Waals surface area (Å²) in [5, 5.41) is 2.95. The molecule has 4 heteroatoms. The van der Waals surface area contributed by atoms with Crippen LogP contribution in [-0.2, 0) is 6.42 Å². The third-order valence-corrected chi connectivity index (χ3v) is 4.63. The molecule has 2 aromatic rings. The number of fused-ring (bicyclic) bond motifs is 1. The number of nitrogens with one attached hydrogen (secondary N) is 1. The molecule has 0 saturated carbocycles. The number of benzene rings is 1. The van der Waals surface area contributed by atoms with E-state index in [1.165, 1.54) is 0 Å². The Morgan fingerprint density at radius 2 is 1.88 bits per heavy atom. The zero-order valence-corrected chi connectivity index (χ0v) is 14.6. The van der Waals surface area contributed by atoms with Crippen LogP contribution in [0.3, 0.4) is 0 Å². The average Bonchev–Trinajstić information content (AvgIpc) is 2.83. The maximum absolute atomic E-state index is 12.6. The standard InChI is InChI=1S/C20H23NO3/c1-12-17-15(22)10-20(3,4)11-16(17)24-18(12)19(23)21-13(2)14-8-6-5-7-9-14/h5-9,13H,10-11H2,1-4H3,(H,21,23). The van der Waals surface area contributed by atoms with E-state index in [-0.39, 0.29) is 28.9 Å². The smallest absolute Gasteiger partial charge is 0.287 e. The van der Waals surface area contributed by atoms with Crippen molar-refractivity contribution >= 4 is 11.7 Å². The summed E-state index contributed by atoms with van der Waals surface area (Å²) in [6.45, 7) is 7.81. The number of rotatable bonds is 3. The van der Waals surface area contributed by atoms with E-state index in [4.69, 9.17) is 4.42 Å². The number of carbonyl (C=O) groups excluding carboxylic acids is 2. The highest BCUT2D eigenvalue weighted by Gasteiger charge is 2.37. The molecular weight excluding hydrogens is 302 g/mol. The van der Waals surface area contributed by atoms with E-state index >= 15 is 0 Å². The molecule has 1 amide bonds. The zero-order chi connectivity index (χ0) is 17.5. The van der Waals surface area contributed by atoms with Crippen LogP contribution in [-0.4, -0.2) is 11.7 Å². The first-order chi connectivity index (χ1) is 11.3. The van der Waals surface area contributed by atoms with Crippen LogP contribution < -0.4 is 5.32 Å². The molecule has 0 bridgehead atoms. The molecule has 126 valence electrons. The first-order valence-corrected chi connectivity index (χ1v) is 8.30. The van der Waals surface area contributed by atoms with Gasteiger partial charge in [0.2, 0.25) is 0 Å². The third kappa shape index (κ3) is 3.01. The fourth-order valence-corrected chi connectivity index (χ4v) is 3.39. The number of ketones is 1. The highest BCUT2D eigenvalue weighted by Crippen LogP contribution is 2.38. The minimum Gasteiger partial charge on any atom is -0.455 e. The minimum atomic E-state index is -0.274. The van der Waals surface area contributed by atoms with Gasteiger partial charge in [0.15, 0.2) is 11.5 Å². The number of hydrogen-bond donors (Lipinski definition) is 1. The molecule has 1 atom stereocenters. The Balaban J connectivity index is 1.86. The first kappa shape index (κ1) is 16.5. The molecule has 1 N–H and O–H groups in total. The minimum absolute atomic E-state index is 0.0673. The molecule has 0 aliphatic heterocycles. The van der Waals surface area contributed by atoms with Gasteiger partial charge in [0.25, 0.3) is 5.91 Å². The summed E-state index contributed by atoms with van der Waals surface area (Å²) >= 11 is 0. The molecule has 0 saturated heterocycles. The molecule has 0 fully saturated rings. The lowest BCUT2D eigenvalue weighted by molar-refractivity contribution is 0.0883. The van der Waals surface area contributed by atoms with E-state index in [0.717, 1.165) is 5.56 Å². The van der Waals surface area contributed by atoms with Gasteiger partial charge < -0.3 is 9.73 Å². The third-order valence-electron chi connectivity index (χ3n) is 4.63. The summed E-state index contributed by atoms with van der Waals surface area (Å²) in [4.78, 5) is 25.0. The van der Waals surface area contributed by atoms with Crippen molar-refractivity contribution < 1.29 is 14.0 Å². The molecule has 3 rings (SSSR count). The van der Waals surface area contributed by atoms with Gasteiger partial charge in [0, 0.05) is 18.4 Å². The number of amides is 1. The molecule has 0 spiro atoms. The van der Waals surface area contributed by atoms with Crippen LogP contribution >= 0.6 is 0 Å². The zero-order valence-electron chi connectivity index (χ0n) is 14.6. The van der Waals surface area contributed by atoms with Gasteiger partial charge >= 0.3 is 0 Å². The second-order valence-corrected chi connectivity index (χ2v) is 7.40. The van der Waals surface area contributed by atoms with Gasteiger partial charge in [-0.15, -0.1) is 0 Å². The Kier molecular flexibility index (Phi) is 4.08. The van der Waals surface area contributed by atoms with E-state index < -0.39 is 0 Å². The van der Waals surface area contributed by atoms with Crippen molar-refractivity contribution in [3.05, 3.63) is 58.5 Å². The van der Waals surface area contributed by atoms with Gasteiger partial charge in [-0.25, -0.2) is 0 Å². The van der Waals surface area contributed by atoms with Gasteiger partial charge in [-0.1, -0.05) is 44.2 Å². The fourth-order valence-electron chi connectivity index (χ4n) is 3.39. The van der Waals surface area contributed by atoms with Gasteiger partial charge in [-0.05, 0) is 24.8 Å². The lowest BCUT2D eigenvalue weighted by atomic mass is 9.76. The second-order valence-electron chi connectivity index (χ2n) is 7.40. The summed E-state index contributed by atoms with van der Waals surface area (Å²) < 4.78 is 5.81. The number of hydrogen-bond acceptors (Lipinski definition) is 3. The lowest BCUT2D eigenvalue weighted by Crippen LogP contribution is -2.27. The van der Waals surface area contributed by atoms with Crippen molar-refractivity contribution in [2.24, 2.45) is 5.41 Å². The molecular formula is C20H23NO3. The normalized spacial score (nSPS) is 17.2. The van der Waals surface area contributed by atoms with Crippen molar-refractivity contribution in [3.63, 3.8) is 0 Å². The Morgan fingerprint density at radius 1 is 1.21 bits per heavy atom. The number of furan rings is 1. The van der Waals surface area contributed by atoms with Crippen LogP contribution in [0.25, 0.3) is 0 Å². The van der Waals surface area contributed by atoms with E-state index in [0.29, 0.717) is 29.7 Å². The molecule has 1 unspecified atom stereocenters. The summed E-state index contributed by atoms with van der Waals surface area (Å²) in [5.74, 6) is 0.696. The topological polar surface area (TPSA) is 59.3 Å². The van der Waals surface area contributed by atoms with Crippen LogP contribution in [0.2, 0.25) is 0 Å². The van der Waals surface area contributed by atoms with Gasteiger partial charge in [0.05, 0.1) is 11.6 Å². The quantitative estimate of drug-likeness (QED) is 0.918. The van der Waals surface area contributed by atoms with E-state index in [9.17, 15) is 9.59 Å².